The van der Waals surface area contributed by atoms with Gasteiger partial charge in [0.05, 0.1) is 6.61 Å². The zero-order valence-corrected chi connectivity index (χ0v) is 19.2. The van der Waals surface area contributed by atoms with E-state index in [0.29, 0.717) is 6.61 Å². The summed E-state index contributed by atoms with van der Waals surface area (Å²) in [7, 11) is 0. The number of benzene rings is 1. The van der Waals surface area contributed by atoms with Crippen LogP contribution in [0.25, 0.3) is 6.08 Å². The second kappa shape index (κ2) is 19.2. The Bertz CT molecular complexity index is 550. The third-order valence-electron chi connectivity index (χ3n) is 5.54. The van der Waals surface area contributed by atoms with E-state index in [4.69, 9.17) is 4.74 Å². The van der Waals surface area contributed by atoms with Gasteiger partial charge in [0.2, 0.25) is 5.76 Å². The minimum atomic E-state index is -0.639. The normalized spacial score (nSPS) is 11.6. The van der Waals surface area contributed by atoms with Crippen LogP contribution in [0.5, 0.6) is 0 Å². The van der Waals surface area contributed by atoms with E-state index < -0.39 is 5.97 Å². The van der Waals surface area contributed by atoms with Gasteiger partial charge in [-0.1, -0.05) is 134 Å². The molecule has 0 radical (unpaired) electrons. The fraction of sp³-hybridized carbons (Fsp3) is 0.667. The van der Waals surface area contributed by atoms with Gasteiger partial charge in [0.1, 0.15) is 0 Å². The molecule has 3 heteroatoms. The van der Waals surface area contributed by atoms with Crippen molar-refractivity contribution < 1.29 is 14.6 Å². The molecule has 0 spiro atoms. The summed E-state index contributed by atoms with van der Waals surface area (Å²) in [6.45, 7) is 2.65. The molecule has 0 heterocycles. The predicted octanol–water partition coefficient (Wildman–Crippen LogP) is 8.39. The first-order chi connectivity index (χ1) is 14.7. The number of rotatable bonds is 19. The summed E-state index contributed by atoms with van der Waals surface area (Å²) < 4.78 is 5.14. The van der Waals surface area contributed by atoms with Gasteiger partial charge in [-0.15, -0.1) is 0 Å². The molecular formula is C27H44O3. The number of esters is 1. The van der Waals surface area contributed by atoms with E-state index in [1.807, 2.05) is 30.3 Å². The van der Waals surface area contributed by atoms with Gasteiger partial charge in [-0.05, 0) is 18.1 Å². The van der Waals surface area contributed by atoms with E-state index in [-0.39, 0.29) is 5.76 Å². The smallest absolute Gasteiger partial charge is 0.373 e. The Balaban J connectivity index is 1.84. The molecule has 1 N–H and O–H groups in total. The minimum absolute atomic E-state index is 0.335. The summed E-state index contributed by atoms with van der Waals surface area (Å²) in [4.78, 5) is 11.8. The number of aliphatic hydroxyl groups excluding tert-OH is 1. The summed E-state index contributed by atoms with van der Waals surface area (Å²) in [5.74, 6) is -0.975. The summed E-state index contributed by atoms with van der Waals surface area (Å²) in [6.07, 6.45) is 22.6. The summed E-state index contributed by atoms with van der Waals surface area (Å²) in [6, 6.07) is 9.28. The molecule has 1 aromatic rings. The third kappa shape index (κ3) is 15.1. The number of ether oxygens (including phenoxy) is 1. The molecular weight excluding hydrogens is 372 g/mol. The molecule has 30 heavy (non-hydrogen) atoms. The molecule has 3 nitrogen and oxygen atoms in total. The minimum Gasteiger partial charge on any atom is -0.502 e. The number of carbonyl (C=O) groups is 1. The van der Waals surface area contributed by atoms with Crippen molar-refractivity contribution in [2.45, 2.75) is 110 Å². The van der Waals surface area contributed by atoms with Crippen molar-refractivity contribution >= 4 is 12.0 Å². The van der Waals surface area contributed by atoms with Crippen LogP contribution in [0.2, 0.25) is 0 Å². The Morgan fingerprint density at radius 1 is 0.733 bits per heavy atom. The Labute approximate surface area is 184 Å². The molecule has 0 saturated heterocycles. The predicted molar refractivity (Wildman–Crippen MR) is 128 cm³/mol. The van der Waals surface area contributed by atoms with Crippen LogP contribution >= 0.6 is 0 Å². The maximum Gasteiger partial charge on any atom is 0.373 e. The highest BCUT2D eigenvalue weighted by molar-refractivity contribution is 5.90. The standard InChI is InChI=1S/C27H44O3/c1-2-3-4-5-6-7-8-9-10-11-12-13-14-15-16-20-23-30-27(29)26(28)24-25-21-18-17-19-22-25/h17-19,21-22,24,28H,2-16,20,23H2,1H3. The molecule has 0 bridgehead atoms. The zero-order chi connectivity index (χ0) is 21.7. The van der Waals surface area contributed by atoms with Gasteiger partial charge in [0.15, 0.2) is 0 Å². The van der Waals surface area contributed by atoms with Gasteiger partial charge in [-0.3, -0.25) is 0 Å². The van der Waals surface area contributed by atoms with Crippen molar-refractivity contribution in [2.24, 2.45) is 0 Å². The maximum absolute atomic E-state index is 11.8. The number of aliphatic hydroxyl groups is 1. The highest BCUT2D eigenvalue weighted by atomic mass is 16.5. The molecule has 0 aliphatic carbocycles. The van der Waals surface area contributed by atoms with Crippen LogP contribution in [0.1, 0.15) is 115 Å². The van der Waals surface area contributed by atoms with E-state index in [1.54, 1.807) is 0 Å². The number of hydrogen-bond donors (Lipinski definition) is 1. The second-order valence-electron chi connectivity index (χ2n) is 8.38. The van der Waals surface area contributed by atoms with Crippen LogP contribution in [0, 0.1) is 0 Å². The van der Waals surface area contributed by atoms with Crippen molar-refractivity contribution in [1.29, 1.82) is 0 Å². The Morgan fingerprint density at radius 2 is 1.17 bits per heavy atom. The highest BCUT2D eigenvalue weighted by Crippen LogP contribution is 2.14. The third-order valence-corrected chi connectivity index (χ3v) is 5.54. The first-order valence-corrected chi connectivity index (χ1v) is 12.4. The van der Waals surface area contributed by atoms with E-state index in [1.165, 1.54) is 96.0 Å². The summed E-state index contributed by atoms with van der Waals surface area (Å²) in [5, 5.41) is 9.79. The molecule has 1 aromatic carbocycles. The van der Waals surface area contributed by atoms with E-state index in [9.17, 15) is 9.90 Å². The van der Waals surface area contributed by atoms with Crippen molar-refractivity contribution in [3.63, 3.8) is 0 Å². The van der Waals surface area contributed by atoms with Crippen LogP contribution in [0.3, 0.4) is 0 Å². The average molecular weight is 417 g/mol. The number of carbonyl (C=O) groups excluding carboxylic acids is 1. The molecule has 0 aliphatic rings. The molecule has 0 aromatic heterocycles. The molecule has 1 rings (SSSR count). The Morgan fingerprint density at radius 3 is 1.63 bits per heavy atom. The molecule has 0 aliphatic heterocycles. The largest absolute Gasteiger partial charge is 0.502 e. The van der Waals surface area contributed by atoms with Crippen LogP contribution in [0.15, 0.2) is 36.1 Å². The topological polar surface area (TPSA) is 46.5 Å². The molecule has 170 valence electrons. The number of hydrogen-bond acceptors (Lipinski definition) is 3. The first kappa shape index (κ1) is 26.3. The van der Waals surface area contributed by atoms with Crippen molar-refractivity contribution in [2.75, 3.05) is 6.61 Å². The van der Waals surface area contributed by atoms with Crippen LogP contribution in [-0.4, -0.2) is 17.7 Å². The first-order valence-electron chi connectivity index (χ1n) is 12.4. The number of unbranched alkanes of at least 4 members (excludes halogenated alkanes) is 15. The van der Waals surface area contributed by atoms with Gasteiger partial charge in [0, 0.05) is 0 Å². The van der Waals surface area contributed by atoms with Crippen LogP contribution < -0.4 is 0 Å². The average Bonchev–Trinajstić information content (AvgIpc) is 2.76. The van der Waals surface area contributed by atoms with Gasteiger partial charge >= 0.3 is 5.97 Å². The zero-order valence-electron chi connectivity index (χ0n) is 19.2. The molecule has 0 amide bonds. The van der Waals surface area contributed by atoms with Gasteiger partial charge < -0.3 is 9.84 Å². The lowest BCUT2D eigenvalue weighted by atomic mass is 10.0. The van der Waals surface area contributed by atoms with Crippen molar-refractivity contribution in [3.8, 4) is 0 Å². The lowest BCUT2D eigenvalue weighted by molar-refractivity contribution is -0.142. The molecule has 0 saturated carbocycles. The second-order valence-corrected chi connectivity index (χ2v) is 8.38. The van der Waals surface area contributed by atoms with Gasteiger partial charge in [0.25, 0.3) is 0 Å². The van der Waals surface area contributed by atoms with Crippen LogP contribution in [0.4, 0.5) is 0 Å². The summed E-state index contributed by atoms with van der Waals surface area (Å²) >= 11 is 0. The van der Waals surface area contributed by atoms with Crippen molar-refractivity contribution in [1.82, 2.24) is 0 Å². The Hall–Kier alpha value is -1.77. The molecule has 0 fully saturated rings. The highest BCUT2D eigenvalue weighted by Gasteiger charge is 2.08. The SMILES string of the molecule is CCCCCCCCCCCCCCCCCCOC(=O)C(O)=Cc1ccccc1. The van der Waals surface area contributed by atoms with E-state index >= 15 is 0 Å². The lowest BCUT2D eigenvalue weighted by Gasteiger charge is -2.05. The van der Waals surface area contributed by atoms with Gasteiger partial charge in [-0.25, -0.2) is 4.79 Å². The van der Waals surface area contributed by atoms with Gasteiger partial charge in [-0.2, -0.15) is 0 Å². The molecule has 0 atom stereocenters. The van der Waals surface area contributed by atoms with Crippen LogP contribution in [-0.2, 0) is 9.53 Å². The van der Waals surface area contributed by atoms with E-state index in [2.05, 4.69) is 6.92 Å². The quantitative estimate of drug-likeness (QED) is 0.107. The molecule has 0 unspecified atom stereocenters. The van der Waals surface area contributed by atoms with E-state index in [0.717, 1.165) is 18.4 Å². The fourth-order valence-corrected chi connectivity index (χ4v) is 3.66. The summed E-state index contributed by atoms with van der Waals surface area (Å²) in [5.41, 5.74) is 0.786. The Kier molecular flexibility index (Phi) is 16.8. The maximum atomic E-state index is 11.8. The lowest BCUT2D eigenvalue weighted by Crippen LogP contribution is -2.08. The monoisotopic (exact) mass is 416 g/mol. The fourth-order valence-electron chi connectivity index (χ4n) is 3.66. The van der Waals surface area contributed by atoms with Crippen molar-refractivity contribution in [3.05, 3.63) is 41.7 Å².